The van der Waals surface area contributed by atoms with Crippen LogP contribution in [0.5, 0.6) is 0 Å². The Bertz CT molecular complexity index is 575. The third kappa shape index (κ3) is 4.75. The summed E-state index contributed by atoms with van der Waals surface area (Å²) in [4.78, 5) is 35.6. The maximum absolute atomic E-state index is 11.8. The largest absolute Gasteiger partial charge is 0.478 e. The Morgan fingerprint density at radius 2 is 1.90 bits per heavy atom. The first-order valence-electron chi connectivity index (χ1n) is 6.04. The fourth-order valence-corrected chi connectivity index (χ4v) is 2.03. The van der Waals surface area contributed by atoms with Gasteiger partial charge in [-0.2, -0.15) is 0 Å². The molecular weight excluding hydrogens is 342 g/mol. The van der Waals surface area contributed by atoms with Gasteiger partial charge < -0.3 is 20.6 Å². The molecule has 1 aromatic rings. The van der Waals surface area contributed by atoms with Crippen molar-refractivity contribution >= 4 is 39.5 Å². The highest BCUT2D eigenvalue weighted by atomic mass is 79.9. The van der Waals surface area contributed by atoms with Crippen LogP contribution in [0.4, 0.5) is 10.5 Å². The number of halogens is 1. The van der Waals surface area contributed by atoms with Crippen LogP contribution in [0.25, 0.3) is 0 Å². The highest BCUT2D eigenvalue weighted by molar-refractivity contribution is 9.10. The van der Waals surface area contributed by atoms with Crippen molar-refractivity contribution in [3.05, 3.63) is 28.2 Å². The number of anilines is 1. The minimum atomic E-state index is -1.06. The zero-order valence-corrected chi connectivity index (χ0v) is 13.4. The molecule has 0 aromatic heterocycles. The first-order chi connectivity index (χ1) is 9.72. The number of benzene rings is 1. The second-order valence-corrected chi connectivity index (χ2v) is 5.41. The van der Waals surface area contributed by atoms with E-state index in [0.29, 0.717) is 10.2 Å². The first-order valence-corrected chi connectivity index (χ1v) is 6.83. The Labute approximate surface area is 130 Å². The van der Waals surface area contributed by atoms with Crippen molar-refractivity contribution in [2.45, 2.75) is 13.0 Å². The minimum absolute atomic E-state index is 0.101. The molecule has 0 aliphatic carbocycles. The van der Waals surface area contributed by atoms with Gasteiger partial charge in [0, 0.05) is 18.6 Å². The SMILES string of the molecule is CC(NC(=O)Nc1ccc(C(=O)O)cc1Br)C(=O)N(C)C. The summed E-state index contributed by atoms with van der Waals surface area (Å²) >= 11 is 3.18. The lowest BCUT2D eigenvalue weighted by molar-refractivity contribution is -0.130. The van der Waals surface area contributed by atoms with Crippen LogP contribution >= 0.6 is 15.9 Å². The molecule has 7 nitrogen and oxygen atoms in total. The summed E-state index contributed by atoms with van der Waals surface area (Å²) in [5.41, 5.74) is 0.506. The van der Waals surface area contributed by atoms with Gasteiger partial charge in [0.2, 0.25) is 5.91 Å². The summed E-state index contributed by atoms with van der Waals surface area (Å²) in [5, 5.41) is 13.9. The van der Waals surface area contributed by atoms with Gasteiger partial charge in [0.1, 0.15) is 6.04 Å². The van der Waals surface area contributed by atoms with Gasteiger partial charge in [0.25, 0.3) is 0 Å². The fraction of sp³-hybridized carbons (Fsp3) is 0.308. The van der Waals surface area contributed by atoms with Crippen LogP contribution in [0.15, 0.2) is 22.7 Å². The number of carbonyl (C=O) groups is 3. The molecule has 0 aliphatic rings. The summed E-state index contributed by atoms with van der Waals surface area (Å²) in [6, 6.07) is 2.99. The van der Waals surface area contributed by atoms with Gasteiger partial charge in [-0.3, -0.25) is 4.79 Å². The molecule has 0 radical (unpaired) electrons. The summed E-state index contributed by atoms with van der Waals surface area (Å²) in [7, 11) is 3.19. The lowest BCUT2D eigenvalue weighted by Gasteiger charge is -2.18. The second kappa shape index (κ2) is 7.07. The van der Waals surface area contributed by atoms with Gasteiger partial charge in [0.15, 0.2) is 0 Å². The molecule has 3 amide bonds. The number of hydrogen-bond donors (Lipinski definition) is 3. The van der Waals surface area contributed by atoms with E-state index in [4.69, 9.17) is 5.11 Å². The van der Waals surface area contributed by atoms with Crippen molar-refractivity contribution in [2.24, 2.45) is 0 Å². The van der Waals surface area contributed by atoms with Gasteiger partial charge in [-0.15, -0.1) is 0 Å². The van der Waals surface area contributed by atoms with Crippen molar-refractivity contribution in [1.82, 2.24) is 10.2 Å². The minimum Gasteiger partial charge on any atom is -0.478 e. The summed E-state index contributed by atoms with van der Waals surface area (Å²) in [5.74, 6) is -1.29. The number of likely N-dealkylation sites (N-methyl/N-ethyl adjacent to an activating group) is 1. The van der Waals surface area contributed by atoms with E-state index in [0.717, 1.165) is 0 Å². The standard InChI is InChI=1S/C13H16BrN3O4/c1-7(11(18)17(2)3)15-13(21)16-10-5-4-8(12(19)20)6-9(10)14/h4-7H,1-3H3,(H,19,20)(H2,15,16,21). The van der Waals surface area contributed by atoms with Crippen molar-refractivity contribution in [1.29, 1.82) is 0 Å². The van der Waals surface area contributed by atoms with Gasteiger partial charge >= 0.3 is 12.0 Å². The molecule has 0 spiro atoms. The number of amides is 3. The summed E-state index contributed by atoms with van der Waals surface area (Å²) in [6.07, 6.45) is 0. The number of aromatic carboxylic acids is 1. The predicted octanol–water partition coefficient (Wildman–Crippen LogP) is 1.75. The molecule has 21 heavy (non-hydrogen) atoms. The van der Waals surface area contributed by atoms with E-state index in [1.165, 1.54) is 23.1 Å². The Kier molecular flexibility index (Phi) is 5.71. The molecule has 1 rings (SSSR count). The number of nitrogens with one attached hydrogen (secondary N) is 2. The Balaban J connectivity index is 2.71. The third-order valence-electron chi connectivity index (χ3n) is 2.62. The van der Waals surface area contributed by atoms with Crippen LogP contribution in [-0.2, 0) is 4.79 Å². The number of carboxylic acids is 1. The van der Waals surface area contributed by atoms with Crippen LogP contribution in [0.3, 0.4) is 0 Å². The van der Waals surface area contributed by atoms with Crippen LogP contribution in [0, 0.1) is 0 Å². The maximum Gasteiger partial charge on any atom is 0.335 e. The molecule has 0 saturated heterocycles. The van der Waals surface area contributed by atoms with E-state index < -0.39 is 18.0 Å². The van der Waals surface area contributed by atoms with E-state index in [2.05, 4.69) is 26.6 Å². The highest BCUT2D eigenvalue weighted by Crippen LogP contribution is 2.23. The zero-order chi connectivity index (χ0) is 16.2. The number of rotatable bonds is 4. The van der Waals surface area contributed by atoms with E-state index in [1.807, 2.05) is 0 Å². The van der Waals surface area contributed by atoms with Crippen molar-refractivity contribution in [3.63, 3.8) is 0 Å². The van der Waals surface area contributed by atoms with Crippen molar-refractivity contribution in [3.8, 4) is 0 Å². The van der Waals surface area contributed by atoms with E-state index >= 15 is 0 Å². The number of hydrogen-bond acceptors (Lipinski definition) is 3. The van der Waals surface area contributed by atoms with Crippen LogP contribution < -0.4 is 10.6 Å². The maximum atomic E-state index is 11.8. The monoisotopic (exact) mass is 357 g/mol. The van der Waals surface area contributed by atoms with E-state index in [9.17, 15) is 14.4 Å². The van der Waals surface area contributed by atoms with Crippen LogP contribution in [0.1, 0.15) is 17.3 Å². The lowest BCUT2D eigenvalue weighted by atomic mass is 10.2. The topological polar surface area (TPSA) is 98.7 Å². The van der Waals surface area contributed by atoms with E-state index in [1.54, 1.807) is 21.0 Å². The summed E-state index contributed by atoms with van der Waals surface area (Å²) in [6.45, 7) is 1.57. The van der Waals surface area contributed by atoms with E-state index in [-0.39, 0.29) is 11.5 Å². The lowest BCUT2D eigenvalue weighted by Crippen LogP contribution is -2.45. The molecule has 0 heterocycles. The quantitative estimate of drug-likeness (QED) is 0.764. The molecule has 0 aliphatic heterocycles. The van der Waals surface area contributed by atoms with Gasteiger partial charge in [-0.25, -0.2) is 9.59 Å². The fourth-order valence-electron chi connectivity index (χ4n) is 1.55. The second-order valence-electron chi connectivity index (χ2n) is 4.55. The molecular formula is C13H16BrN3O4. The molecule has 0 bridgehead atoms. The van der Waals surface area contributed by atoms with Gasteiger partial charge in [-0.1, -0.05) is 0 Å². The third-order valence-corrected chi connectivity index (χ3v) is 3.28. The summed E-state index contributed by atoms with van der Waals surface area (Å²) < 4.78 is 0.434. The molecule has 0 saturated carbocycles. The van der Waals surface area contributed by atoms with Crippen LogP contribution in [-0.4, -0.2) is 48.1 Å². The average molecular weight is 358 g/mol. The Hall–Kier alpha value is -2.09. The highest BCUT2D eigenvalue weighted by Gasteiger charge is 2.17. The van der Waals surface area contributed by atoms with Crippen molar-refractivity contribution in [2.75, 3.05) is 19.4 Å². The molecule has 1 aromatic carbocycles. The molecule has 3 N–H and O–H groups in total. The Morgan fingerprint density at radius 3 is 2.38 bits per heavy atom. The molecule has 1 unspecified atom stereocenters. The number of urea groups is 1. The van der Waals surface area contributed by atoms with Gasteiger partial charge in [0.05, 0.1) is 11.3 Å². The molecule has 0 fully saturated rings. The smallest absolute Gasteiger partial charge is 0.335 e. The number of nitrogens with zero attached hydrogens (tertiary/aromatic N) is 1. The molecule has 1 atom stereocenters. The van der Waals surface area contributed by atoms with Gasteiger partial charge in [-0.05, 0) is 41.1 Å². The average Bonchev–Trinajstić information content (AvgIpc) is 2.39. The molecule has 8 heteroatoms. The normalized spacial score (nSPS) is 11.4. The molecule has 114 valence electrons. The number of carboxylic acid groups (broad SMARTS) is 1. The van der Waals surface area contributed by atoms with Crippen LogP contribution in [0.2, 0.25) is 0 Å². The predicted molar refractivity (Wildman–Crippen MR) is 81.4 cm³/mol. The zero-order valence-electron chi connectivity index (χ0n) is 11.8. The first kappa shape index (κ1) is 17.0. The Morgan fingerprint density at radius 1 is 1.29 bits per heavy atom. The van der Waals surface area contributed by atoms with Crippen molar-refractivity contribution < 1.29 is 19.5 Å². The number of carbonyl (C=O) groups excluding carboxylic acids is 2.